The van der Waals surface area contributed by atoms with E-state index in [-0.39, 0.29) is 5.91 Å². The molecule has 0 atom stereocenters. The number of carbonyl (C=O) groups excluding carboxylic acids is 1. The second-order valence-corrected chi connectivity index (χ2v) is 6.70. The highest BCUT2D eigenvalue weighted by Gasteiger charge is 2.05. The van der Waals surface area contributed by atoms with Gasteiger partial charge in [-0.3, -0.25) is 4.79 Å². The second kappa shape index (κ2) is 6.83. The minimum absolute atomic E-state index is 0.113. The SMILES string of the molecule is O=C(CCc1ccsc1)NCCc1nc2ccccc2s1. The summed E-state index contributed by atoms with van der Waals surface area (Å²) in [7, 11) is 0. The highest BCUT2D eigenvalue weighted by molar-refractivity contribution is 7.18. The maximum absolute atomic E-state index is 11.8. The fourth-order valence-electron chi connectivity index (χ4n) is 2.12. The number of hydrogen-bond donors (Lipinski definition) is 1. The first-order chi connectivity index (χ1) is 10.3. The highest BCUT2D eigenvalue weighted by atomic mass is 32.1. The number of nitrogens with one attached hydrogen (secondary N) is 1. The number of nitrogens with zero attached hydrogens (tertiary/aromatic N) is 1. The van der Waals surface area contributed by atoms with Crippen molar-refractivity contribution in [2.75, 3.05) is 6.54 Å². The molecule has 1 N–H and O–H groups in total. The molecule has 0 radical (unpaired) electrons. The lowest BCUT2D eigenvalue weighted by Crippen LogP contribution is -2.25. The fourth-order valence-corrected chi connectivity index (χ4v) is 3.79. The number of para-hydroxylation sites is 1. The second-order valence-electron chi connectivity index (χ2n) is 4.81. The number of amides is 1. The Labute approximate surface area is 131 Å². The Kier molecular flexibility index (Phi) is 4.62. The molecule has 0 spiro atoms. The summed E-state index contributed by atoms with van der Waals surface area (Å²) in [6, 6.07) is 10.2. The minimum Gasteiger partial charge on any atom is -0.356 e. The Morgan fingerprint density at radius 2 is 2.10 bits per heavy atom. The van der Waals surface area contributed by atoms with Crippen molar-refractivity contribution < 1.29 is 4.79 Å². The van der Waals surface area contributed by atoms with Crippen LogP contribution in [0.15, 0.2) is 41.1 Å². The number of thiazole rings is 1. The van der Waals surface area contributed by atoms with E-state index in [9.17, 15) is 4.79 Å². The van der Waals surface area contributed by atoms with Crippen LogP contribution in [0.3, 0.4) is 0 Å². The maximum Gasteiger partial charge on any atom is 0.220 e. The molecule has 3 aromatic rings. The van der Waals surface area contributed by atoms with Crippen molar-refractivity contribution in [2.45, 2.75) is 19.3 Å². The molecule has 5 heteroatoms. The van der Waals surface area contributed by atoms with Gasteiger partial charge in [0.2, 0.25) is 5.91 Å². The number of benzene rings is 1. The van der Waals surface area contributed by atoms with Crippen LogP contribution in [0.4, 0.5) is 0 Å². The van der Waals surface area contributed by atoms with Gasteiger partial charge in [0, 0.05) is 19.4 Å². The zero-order valence-electron chi connectivity index (χ0n) is 11.5. The van der Waals surface area contributed by atoms with E-state index in [0.29, 0.717) is 13.0 Å². The number of aryl methyl sites for hydroxylation is 1. The average molecular weight is 316 g/mol. The molecular formula is C16H16N2OS2. The topological polar surface area (TPSA) is 42.0 Å². The number of aromatic nitrogens is 1. The largest absolute Gasteiger partial charge is 0.356 e. The first kappa shape index (κ1) is 14.2. The summed E-state index contributed by atoms with van der Waals surface area (Å²) in [5.74, 6) is 0.113. The van der Waals surface area contributed by atoms with Gasteiger partial charge in [0.1, 0.15) is 0 Å². The third-order valence-corrected chi connectivity index (χ3v) is 5.05. The van der Waals surface area contributed by atoms with Gasteiger partial charge in [-0.05, 0) is 40.9 Å². The Balaban J connectivity index is 1.44. The first-order valence-corrected chi connectivity index (χ1v) is 8.69. The van der Waals surface area contributed by atoms with Gasteiger partial charge in [0.15, 0.2) is 0 Å². The standard InChI is InChI=1S/C16H16N2OS2/c19-15(6-5-12-8-10-20-11-12)17-9-7-16-18-13-3-1-2-4-14(13)21-16/h1-4,8,10-11H,5-7,9H2,(H,17,19). The molecule has 2 heterocycles. The molecule has 0 aliphatic carbocycles. The van der Waals surface area contributed by atoms with Gasteiger partial charge in [-0.2, -0.15) is 11.3 Å². The van der Waals surface area contributed by atoms with E-state index in [4.69, 9.17) is 0 Å². The quantitative estimate of drug-likeness (QED) is 0.754. The summed E-state index contributed by atoms with van der Waals surface area (Å²) < 4.78 is 1.20. The monoisotopic (exact) mass is 316 g/mol. The van der Waals surface area contributed by atoms with Crippen molar-refractivity contribution in [3.8, 4) is 0 Å². The molecule has 1 amide bonds. The van der Waals surface area contributed by atoms with E-state index in [1.807, 2.05) is 23.6 Å². The molecular weight excluding hydrogens is 300 g/mol. The summed E-state index contributed by atoms with van der Waals surface area (Å²) in [5, 5.41) is 8.18. The van der Waals surface area contributed by atoms with Crippen LogP contribution < -0.4 is 5.32 Å². The van der Waals surface area contributed by atoms with Crippen molar-refractivity contribution in [2.24, 2.45) is 0 Å². The van der Waals surface area contributed by atoms with Gasteiger partial charge in [-0.1, -0.05) is 12.1 Å². The predicted octanol–water partition coefficient (Wildman–Crippen LogP) is 3.65. The van der Waals surface area contributed by atoms with Gasteiger partial charge in [0.25, 0.3) is 0 Å². The molecule has 3 rings (SSSR count). The smallest absolute Gasteiger partial charge is 0.220 e. The molecule has 1 aromatic carbocycles. The van der Waals surface area contributed by atoms with E-state index in [1.165, 1.54) is 10.3 Å². The summed E-state index contributed by atoms with van der Waals surface area (Å²) in [5.41, 5.74) is 2.28. The first-order valence-electron chi connectivity index (χ1n) is 6.93. The van der Waals surface area contributed by atoms with Gasteiger partial charge < -0.3 is 5.32 Å². The number of rotatable bonds is 6. The number of fused-ring (bicyclic) bond motifs is 1. The molecule has 0 unspecified atom stereocenters. The van der Waals surface area contributed by atoms with E-state index in [1.54, 1.807) is 22.7 Å². The number of hydrogen-bond acceptors (Lipinski definition) is 4. The Morgan fingerprint density at radius 3 is 2.90 bits per heavy atom. The summed E-state index contributed by atoms with van der Waals surface area (Å²) >= 11 is 3.37. The molecule has 0 aliphatic rings. The van der Waals surface area contributed by atoms with Gasteiger partial charge in [-0.15, -0.1) is 11.3 Å². The molecule has 2 aromatic heterocycles. The molecule has 0 aliphatic heterocycles. The van der Waals surface area contributed by atoms with E-state index in [2.05, 4.69) is 27.8 Å². The highest BCUT2D eigenvalue weighted by Crippen LogP contribution is 2.21. The minimum atomic E-state index is 0.113. The molecule has 0 saturated heterocycles. The Bertz CT molecular complexity index is 686. The normalized spacial score (nSPS) is 10.9. The van der Waals surface area contributed by atoms with Crippen molar-refractivity contribution in [3.05, 3.63) is 51.7 Å². The van der Waals surface area contributed by atoms with Crippen LogP contribution >= 0.6 is 22.7 Å². The average Bonchev–Trinajstić information content (AvgIpc) is 3.14. The predicted molar refractivity (Wildman–Crippen MR) is 89.0 cm³/mol. The van der Waals surface area contributed by atoms with Crippen molar-refractivity contribution in [1.82, 2.24) is 10.3 Å². The lowest BCUT2D eigenvalue weighted by molar-refractivity contribution is -0.121. The van der Waals surface area contributed by atoms with Crippen LogP contribution in [0.1, 0.15) is 17.0 Å². The van der Waals surface area contributed by atoms with Crippen molar-refractivity contribution in [1.29, 1.82) is 0 Å². The number of thiophene rings is 1. The lowest BCUT2D eigenvalue weighted by Gasteiger charge is -2.03. The lowest BCUT2D eigenvalue weighted by atomic mass is 10.2. The molecule has 21 heavy (non-hydrogen) atoms. The van der Waals surface area contributed by atoms with E-state index >= 15 is 0 Å². The molecule has 0 bridgehead atoms. The van der Waals surface area contributed by atoms with Crippen LogP contribution in [-0.4, -0.2) is 17.4 Å². The zero-order valence-corrected chi connectivity index (χ0v) is 13.2. The van der Waals surface area contributed by atoms with Gasteiger partial charge >= 0.3 is 0 Å². The molecule has 0 saturated carbocycles. The fraction of sp³-hybridized carbons (Fsp3) is 0.250. The van der Waals surface area contributed by atoms with Crippen molar-refractivity contribution in [3.63, 3.8) is 0 Å². The third kappa shape index (κ3) is 3.89. The van der Waals surface area contributed by atoms with E-state index in [0.717, 1.165) is 23.4 Å². The summed E-state index contributed by atoms with van der Waals surface area (Å²) in [6.07, 6.45) is 2.16. The van der Waals surface area contributed by atoms with Gasteiger partial charge in [-0.25, -0.2) is 4.98 Å². The van der Waals surface area contributed by atoms with Crippen molar-refractivity contribution >= 4 is 38.8 Å². The third-order valence-electron chi connectivity index (χ3n) is 3.22. The Morgan fingerprint density at radius 1 is 1.19 bits per heavy atom. The zero-order chi connectivity index (χ0) is 14.5. The van der Waals surface area contributed by atoms with Crippen LogP contribution in [0.2, 0.25) is 0 Å². The number of carbonyl (C=O) groups is 1. The molecule has 108 valence electrons. The maximum atomic E-state index is 11.8. The van der Waals surface area contributed by atoms with Crippen LogP contribution in [-0.2, 0) is 17.6 Å². The van der Waals surface area contributed by atoms with E-state index < -0.39 is 0 Å². The Hall–Kier alpha value is -1.72. The molecule has 0 fully saturated rings. The van der Waals surface area contributed by atoms with Crippen LogP contribution in [0, 0.1) is 0 Å². The molecule has 3 nitrogen and oxygen atoms in total. The van der Waals surface area contributed by atoms with Crippen LogP contribution in [0.25, 0.3) is 10.2 Å². The van der Waals surface area contributed by atoms with Gasteiger partial charge in [0.05, 0.1) is 15.2 Å². The summed E-state index contributed by atoms with van der Waals surface area (Å²) in [4.78, 5) is 16.3. The van der Waals surface area contributed by atoms with Crippen LogP contribution in [0.5, 0.6) is 0 Å². The summed E-state index contributed by atoms with van der Waals surface area (Å²) in [6.45, 7) is 0.655.